The second kappa shape index (κ2) is 8.18. The molecule has 0 aliphatic carbocycles. The van der Waals surface area contributed by atoms with E-state index in [9.17, 15) is 13.5 Å². The number of hydrogen-bond donors (Lipinski definition) is 1. The SMILES string of the molecule is Cc1ccc(S(=O)(=O)OCC(O)COc2cc(Cl)ccc2Cl)cc1. The van der Waals surface area contributed by atoms with E-state index in [2.05, 4.69) is 0 Å². The number of ether oxygens (including phenoxy) is 1. The molecular formula is C16H16Cl2O5S. The Morgan fingerprint density at radius 1 is 1.08 bits per heavy atom. The van der Waals surface area contributed by atoms with Crippen molar-refractivity contribution >= 4 is 33.3 Å². The van der Waals surface area contributed by atoms with E-state index < -0.39 is 22.8 Å². The van der Waals surface area contributed by atoms with Crippen LogP contribution in [0.15, 0.2) is 47.4 Å². The fraction of sp³-hybridized carbons (Fsp3) is 0.250. The zero-order chi connectivity index (χ0) is 17.7. The van der Waals surface area contributed by atoms with Crippen LogP contribution < -0.4 is 4.74 Å². The molecule has 8 heteroatoms. The van der Waals surface area contributed by atoms with Gasteiger partial charge in [-0.2, -0.15) is 8.42 Å². The molecule has 1 unspecified atom stereocenters. The normalized spacial score (nSPS) is 12.8. The van der Waals surface area contributed by atoms with Crippen LogP contribution in [0, 0.1) is 6.92 Å². The van der Waals surface area contributed by atoms with Gasteiger partial charge in [0.25, 0.3) is 10.1 Å². The highest BCUT2D eigenvalue weighted by Gasteiger charge is 2.18. The smallest absolute Gasteiger partial charge is 0.297 e. The molecule has 0 saturated heterocycles. The molecule has 0 heterocycles. The van der Waals surface area contributed by atoms with Crippen LogP contribution in [-0.4, -0.2) is 32.8 Å². The summed E-state index contributed by atoms with van der Waals surface area (Å²) in [7, 11) is -3.93. The minimum atomic E-state index is -3.93. The first-order chi connectivity index (χ1) is 11.3. The number of halogens is 2. The molecule has 0 bridgehead atoms. The third kappa shape index (κ3) is 5.36. The summed E-state index contributed by atoms with van der Waals surface area (Å²) in [5.74, 6) is 0.296. The van der Waals surface area contributed by atoms with Gasteiger partial charge in [0.1, 0.15) is 18.5 Å². The highest BCUT2D eigenvalue weighted by Crippen LogP contribution is 2.27. The molecule has 0 amide bonds. The highest BCUT2D eigenvalue weighted by atomic mass is 35.5. The predicted molar refractivity (Wildman–Crippen MR) is 92.3 cm³/mol. The van der Waals surface area contributed by atoms with Gasteiger partial charge in [0.2, 0.25) is 0 Å². The standard InChI is InChI=1S/C16H16Cl2O5S/c1-11-2-5-14(6-3-11)24(20,21)23-10-13(19)9-22-16-8-12(17)4-7-15(16)18/h2-8,13,19H,9-10H2,1H3. The van der Waals surface area contributed by atoms with E-state index in [0.29, 0.717) is 15.8 Å². The molecule has 130 valence electrons. The molecule has 1 N–H and O–H groups in total. The van der Waals surface area contributed by atoms with Gasteiger partial charge in [-0.15, -0.1) is 0 Å². The predicted octanol–water partition coefficient (Wildman–Crippen LogP) is 3.45. The molecule has 24 heavy (non-hydrogen) atoms. The first-order valence-corrected chi connectivity index (χ1v) is 9.16. The Morgan fingerprint density at radius 2 is 1.75 bits per heavy atom. The summed E-state index contributed by atoms with van der Waals surface area (Å²) < 4.78 is 34.2. The van der Waals surface area contributed by atoms with Crippen molar-refractivity contribution in [1.82, 2.24) is 0 Å². The van der Waals surface area contributed by atoms with E-state index >= 15 is 0 Å². The topological polar surface area (TPSA) is 72.8 Å². The van der Waals surface area contributed by atoms with Crippen LogP contribution in [0.4, 0.5) is 0 Å². The van der Waals surface area contributed by atoms with Crippen molar-refractivity contribution < 1.29 is 22.4 Å². The fourth-order valence-corrected chi connectivity index (χ4v) is 3.04. The summed E-state index contributed by atoms with van der Waals surface area (Å²) >= 11 is 11.8. The number of aliphatic hydroxyl groups excluding tert-OH is 1. The first kappa shape index (κ1) is 19.0. The lowest BCUT2D eigenvalue weighted by Crippen LogP contribution is -2.25. The van der Waals surface area contributed by atoms with E-state index in [0.717, 1.165) is 5.56 Å². The monoisotopic (exact) mass is 390 g/mol. The molecule has 0 aliphatic rings. The number of benzene rings is 2. The van der Waals surface area contributed by atoms with Gasteiger partial charge in [-0.25, -0.2) is 0 Å². The molecule has 5 nitrogen and oxygen atoms in total. The highest BCUT2D eigenvalue weighted by molar-refractivity contribution is 7.86. The van der Waals surface area contributed by atoms with E-state index in [4.69, 9.17) is 32.1 Å². The van der Waals surface area contributed by atoms with Gasteiger partial charge in [-0.05, 0) is 31.2 Å². The lowest BCUT2D eigenvalue weighted by molar-refractivity contribution is 0.0649. The van der Waals surface area contributed by atoms with Crippen LogP contribution in [0.3, 0.4) is 0 Å². The second-order valence-electron chi connectivity index (χ2n) is 5.09. The van der Waals surface area contributed by atoms with E-state index in [1.165, 1.54) is 18.2 Å². The quantitative estimate of drug-likeness (QED) is 0.732. The van der Waals surface area contributed by atoms with Gasteiger partial charge < -0.3 is 9.84 Å². The van der Waals surface area contributed by atoms with Crippen molar-refractivity contribution in [1.29, 1.82) is 0 Å². The summed E-state index contributed by atoms with van der Waals surface area (Å²) in [5, 5.41) is 10.6. The van der Waals surface area contributed by atoms with Gasteiger partial charge in [-0.3, -0.25) is 4.18 Å². The summed E-state index contributed by atoms with van der Waals surface area (Å²) in [5.41, 5.74) is 0.931. The van der Waals surface area contributed by atoms with Gasteiger partial charge in [-0.1, -0.05) is 40.9 Å². The van der Waals surface area contributed by atoms with Gasteiger partial charge in [0.15, 0.2) is 0 Å². The number of aryl methyl sites for hydroxylation is 1. The summed E-state index contributed by atoms with van der Waals surface area (Å²) in [4.78, 5) is 0.0269. The maximum Gasteiger partial charge on any atom is 0.297 e. The maximum absolute atomic E-state index is 12.0. The van der Waals surface area contributed by atoms with Gasteiger partial charge >= 0.3 is 0 Å². The average molecular weight is 391 g/mol. The molecule has 1 atom stereocenters. The fourth-order valence-electron chi connectivity index (χ4n) is 1.76. The largest absolute Gasteiger partial charge is 0.489 e. The van der Waals surface area contributed by atoms with Crippen molar-refractivity contribution in [2.24, 2.45) is 0 Å². The van der Waals surface area contributed by atoms with Crippen molar-refractivity contribution in [3.8, 4) is 5.75 Å². The third-order valence-electron chi connectivity index (χ3n) is 3.05. The lowest BCUT2D eigenvalue weighted by atomic mass is 10.2. The third-order valence-corrected chi connectivity index (χ3v) is 4.89. The Balaban J connectivity index is 1.89. The second-order valence-corrected chi connectivity index (χ2v) is 7.55. The molecule has 2 aromatic rings. The van der Waals surface area contributed by atoms with Crippen LogP contribution in [0.1, 0.15) is 5.56 Å². The molecule has 2 rings (SSSR count). The average Bonchev–Trinajstić information content (AvgIpc) is 2.54. The van der Waals surface area contributed by atoms with Crippen molar-refractivity contribution in [2.45, 2.75) is 17.9 Å². The van der Waals surface area contributed by atoms with Crippen LogP contribution in [0.2, 0.25) is 10.0 Å². The van der Waals surface area contributed by atoms with Crippen LogP contribution >= 0.6 is 23.2 Å². The Labute approximate surface area is 150 Å². The molecule has 0 radical (unpaired) electrons. The molecule has 0 aromatic heterocycles. The van der Waals surface area contributed by atoms with E-state index in [1.54, 1.807) is 24.3 Å². The van der Waals surface area contributed by atoms with Crippen molar-refractivity contribution in [3.05, 3.63) is 58.1 Å². The molecule has 0 saturated carbocycles. The summed E-state index contributed by atoms with van der Waals surface area (Å²) in [6, 6.07) is 10.9. The number of hydrogen-bond acceptors (Lipinski definition) is 5. The lowest BCUT2D eigenvalue weighted by Gasteiger charge is -2.14. The van der Waals surface area contributed by atoms with Gasteiger partial charge in [0, 0.05) is 11.1 Å². The molecule has 0 fully saturated rings. The Morgan fingerprint density at radius 3 is 2.42 bits per heavy atom. The van der Waals surface area contributed by atoms with E-state index in [-0.39, 0.29) is 11.5 Å². The Kier molecular flexibility index (Phi) is 6.48. The summed E-state index contributed by atoms with van der Waals surface area (Å²) in [6.45, 7) is 1.22. The van der Waals surface area contributed by atoms with E-state index in [1.807, 2.05) is 6.92 Å². The molecule has 0 spiro atoms. The zero-order valence-corrected chi connectivity index (χ0v) is 15.1. The first-order valence-electron chi connectivity index (χ1n) is 7.00. The van der Waals surface area contributed by atoms with Crippen molar-refractivity contribution in [3.63, 3.8) is 0 Å². The number of aliphatic hydroxyl groups is 1. The Bertz CT molecular complexity index is 791. The van der Waals surface area contributed by atoms with Crippen LogP contribution in [0.5, 0.6) is 5.75 Å². The molecule has 2 aromatic carbocycles. The number of rotatable bonds is 7. The molecular weight excluding hydrogens is 375 g/mol. The molecule has 0 aliphatic heterocycles. The Hall–Kier alpha value is -1.31. The van der Waals surface area contributed by atoms with Crippen LogP contribution in [0.25, 0.3) is 0 Å². The summed E-state index contributed by atoms with van der Waals surface area (Å²) in [6.07, 6.45) is -1.15. The minimum Gasteiger partial charge on any atom is -0.489 e. The van der Waals surface area contributed by atoms with Crippen LogP contribution in [-0.2, 0) is 14.3 Å². The maximum atomic E-state index is 12.0. The van der Waals surface area contributed by atoms with Crippen molar-refractivity contribution in [2.75, 3.05) is 13.2 Å². The van der Waals surface area contributed by atoms with Gasteiger partial charge in [0.05, 0.1) is 16.5 Å². The minimum absolute atomic E-state index is 0.0269. The zero-order valence-electron chi connectivity index (χ0n) is 12.8.